The first-order valence-corrected chi connectivity index (χ1v) is 11.5. The van der Waals surface area contributed by atoms with Gasteiger partial charge in [0.1, 0.15) is 5.82 Å². The largest absolute Gasteiger partial charge is 0.550 e. The van der Waals surface area contributed by atoms with Gasteiger partial charge >= 0.3 is 0 Å². The van der Waals surface area contributed by atoms with Crippen LogP contribution in [0.1, 0.15) is 25.7 Å². The van der Waals surface area contributed by atoms with Crippen LogP contribution in [0.4, 0.5) is 4.39 Å². The van der Waals surface area contributed by atoms with Gasteiger partial charge in [0.25, 0.3) is 0 Å². The lowest BCUT2D eigenvalue weighted by molar-refractivity contribution is -0.318. The van der Waals surface area contributed by atoms with E-state index in [1.165, 1.54) is 16.4 Å². The molecule has 158 valence electrons. The summed E-state index contributed by atoms with van der Waals surface area (Å²) < 4.78 is 39.8. The number of rotatable bonds is 4. The van der Waals surface area contributed by atoms with Gasteiger partial charge in [-0.2, -0.15) is 4.31 Å². The van der Waals surface area contributed by atoms with Gasteiger partial charge in [-0.05, 0) is 61.8 Å². The zero-order valence-corrected chi connectivity index (χ0v) is 16.8. The molecule has 0 unspecified atom stereocenters. The number of piperazine rings is 1. The van der Waals surface area contributed by atoms with Crippen molar-refractivity contribution in [2.45, 2.75) is 30.6 Å². The van der Waals surface area contributed by atoms with E-state index in [0.717, 1.165) is 37.8 Å². The number of sulfonamides is 1. The first-order chi connectivity index (χ1) is 13.8. The summed E-state index contributed by atoms with van der Waals surface area (Å²) in [7, 11) is -3.76. The Morgan fingerprint density at radius 2 is 1.41 bits per heavy atom. The Hall–Kier alpha value is -2.00. The van der Waals surface area contributed by atoms with Gasteiger partial charge < -0.3 is 14.8 Å². The highest BCUT2D eigenvalue weighted by molar-refractivity contribution is 7.89. The average Bonchev–Trinajstić information content (AvgIpc) is 2.73. The van der Waals surface area contributed by atoms with Crippen LogP contribution in [0.15, 0.2) is 29.2 Å². The summed E-state index contributed by atoms with van der Waals surface area (Å²) in [6.45, 7) is 0.685. The normalized spacial score (nSPS) is 30.3. The Bertz CT molecular complexity index is 888. The predicted octanol–water partition coefficient (Wildman–Crippen LogP) is 0.461. The number of hydrogen-bond acceptors (Lipinski definition) is 5. The Morgan fingerprint density at radius 1 is 0.897 bits per heavy atom. The molecule has 0 aromatic heterocycles. The maximum Gasteiger partial charge on any atom is 0.243 e. The van der Waals surface area contributed by atoms with Crippen molar-refractivity contribution in [2.24, 2.45) is 23.7 Å². The van der Waals surface area contributed by atoms with E-state index in [-0.39, 0.29) is 48.8 Å². The van der Waals surface area contributed by atoms with E-state index in [4.69, 9.17) is 0 Å². The second-order valence-corrected chi connectivity index (χ2v) is 10.2. The summed E-state index contributed by atoms with van der Waals surface area (Å²) in [6, 6.07) is 4.66. The Labute approximate surface area is 169 Å². The maximum absolute atomic E-state index is 13.1. The maximum atomic E-state index is 13.1. The minimum absolute atomic E-state index is 0.000840. The number of nitrogens with zero attached hydrogens (tertiary/aromatic N) is 2. The fourth-order valence-electron chi connectivity index (χ4n) is 5.26. The molecule has 1 amide bonds. The number of fused-ring (bicyclic) bond motifs is 3. The lowest BCUT2D eigenvalue weighted by atomic mass is 9.58. The lowest BCUT2D eigenvalue weighted by Gasteiger charge is -2.50. The van der Waals surface area contributed by atoms with Crippen LogP contribution in [-0.2, 0) is 19.6 Å². The number of carbonyl (C=O) groups excluding carboxylic acids is 2. The zero-order chi connectivity index (χ0) is 20.8. The quantitative estimate of drug-likeness (QED) is 0.701. The molecule has 1 aromatic rings. The topological polar surface area (TPSA) is 97.8 Å². The van der Waals surface area contributed by atoms with Crippen LogP contribution in [-0.4, -0.2) is 55.7 Å². The van der Waals surface area contributed by atoms with E-state index >= 15 is 0 Å². The molecule has 5 rings (SSSR count). The summed E-state index contributed by atoms with van der Waals surface area (Å²) in [5.41, 5.74) is 0. The van der Waals surface area contributed by atoms with Gasteiger partial charge in [0.2, 0.25) is 15.9 Å². The van der Waals surface area contributed by atoms with Crippen molar-refractivity contribution in [2.75, 3.05) is 26.2 Å². The molecule has 7 nitrogen and oxygen atoms in total. The number of benzene rings is 1. The third-order valence-electron chi connectivity index (χ3n) is 6.78. The second kappa shape index (κ2) is 7.68. The Kier molecular flexibility index (Phi) is 5.37. The molecule has 0 radical (unpaired) electrons. The molecule has 29 heavy (non-hydrogen) atoms. The van der Waals surface area contributed by atoms with Crippen molar-refractivity contribution < 1.29 is 27.5 Å². The molecule has 2 atom stereocenters. The molecule has 1 saturated heterocycles. The second-order valence-electron chi connectivity index (χ2n) is 8.23. The fraction of sp³-hybridized carbons (Fsp3) is 0.600. The molecule has 3 aliphatic carbocycles. The van der Waals surface area contributed by atoms with Crippen LogP contribution >= 0.6 is 0 Å². The van der Waals surface area contributed by atoms with Gasteiger partial charge in [0.15, 0.2) is 0 Å². The highest BCUT2D eigenvalue weighted by Gasteiger charge is 2.49. The standard InChI is InChI=1S/C20H25FN2O5S/c21-15-5-7-16(8-6-15)29(27,28)23-11-9-22(10-12-23)19(24)17-13-1-3-14(4-2-13)18(17)20(25)26/h5-8,13-14,17-18H,1-4,9-12H2,(H,25,26)/p-1/t13?,14?,17-,18-/m0/s1. The fourth-order valence-corrected chi connectivity index (χ4v) is 6.68. The molecule has 1 heterocycles. The third kappa shape index (κ3) is 3.66. The number of aliphatic carboxylic acids is 1. The molecule has 9 heteroatoms. The van der Waals surface area contributed by atoms with Crippen LogP contribution in [0.2, 0.25) is 0 Å². The first kappa shape index (κ1) is 20.3. The van der Waals surface area contributed by atoms with E-state index in [0.29, 0.717) is 0 Å². The van der Waals surface area contributed by atoms with Gasteiger partial charge in [0, 0.05) is 44.0 Å². The zero-order valence-electron chi connectivity index (χ0n) is 16.0. The highest BCUT2D eigenvalue weighted by Crippen LogP contribution is 2.49. The van der Waals surface area contributed by atoms with Gasteiger partial charge in [-0.15, -0.1) is 0 Å². The van der Waals surface area contributed by atoms with Crippen LogP contribution in [0.3, 0.4) is 0 Å². The van der Waals surface area contributed by atoms with Crippen LogP contribution < -0.4 is 5.11 Å². The molecule has 1 aliphatic heterocycles. The SMILES string of the molecule is O=C([O-])[C@H]1C2CCC(CC2)[C@@H]1C(=O)N1CCN(S(=O)(=O)c2ccc(F)cc2)CC1. The average molecular weight is 423 g/mol. The number of hydrogen-bond donors (Lipinski definition) is 0. The molecule has 0 spiro atoms. The van der Waals surface area contributed by atoms with Crippen LogP contribution in [0, 0.1) is 29.5 Å². The summed E-state index contributed by atoms with van der Waals surface area (Å²) in [6.07, 6.45) is 3.39. The molecule has 2 bridgehead atoms. The van der Waals surface area contributed by atoms with Gasteiger partial charge in [-0.1, -0.05) is 0 Å². The number of carbonyl (C=O) groups is 2. The van der Waals surface area contributed by atoms with Crippen molar-refractivity contribution in [1.82, 2.24) is 9.21 Å². The Balaban J connectivity index is 1.45. The molecule has 0 N–H and O–H groups in total. The monoisotopic (exact) mass is 423 g/mol. The van der Waals surface area contributed by atoms with Crippen molar-refractivity contribution in [3.63, 3.8) is 0 Å². The summed E-state index contributed by atoms with van der Waals surface area (Å²) in [4.78, 5) is 26.5. The molecule has 3 saturated carbocycles. The molecular weight excluding hydrogens is 399 g/mol. The van der Waals surface area contributed by atoms with E-state index in [2.05, 4.69) is 0 Å². The van der Waals surface area contributed by atoms with Gasteiger partial charge in [0.05, 0.1) is 4.90 Å². The number of amides is 1. The highest BCUT2D eigenvalue weighted by atomic mass is 32.2. The lowest BCUT2D eigenvalue weighted by Crippen LogP contribution is -2.58. The third-order valence-corrected chi connectivity index (χ3v) is 8.69. The van der Waals surface area contributed by atoms with Crippen molar-refractivity contribution in [1.29, 1.82) is 0 Å². The number of carboxylic acids is 1. The minimum Gasteiger partial charge on any atom is -0.550 e. The van der Waals surface area contributed by atoms with Crippen molar-refractivity contribution in [3.8, 4) is 0 Å². The molecule has 4 aliphatic rings. The smallest absolute Gasteiger partial charge is 0.243 e. The first-order valence-electron chi connectivity index (χ1n) is 10.0. The van der Waals surface area contributed by atoms with Crippen molar-refractivity contribution in [3.05, 3.63) is 30.1 Å². The molecular formula is C20H24FN2O5S-. The van der Waals surface area contributed by atoms with E-state index < -0.39 is 33.6 Å². The number of halogens is 1. The van der Waals surface area contributed by atoms with Gasteiger partial charge in [-0.3, -0.25) is 4.79 Å². The van der Waals surface area contributed by atoms with E-state index in [9.17, 15) is 27.5 Å². The summed E-state index contributed by atoms with van der Waals surface area (Å²) in [5, 5.41) is 11.7. The van der Waals surface area contributed by atoms with E-state index in [1.54, 1.807) is 4.90 Å². The van der Waals surface area contributed by atoms with Crippen molar-refractivity contribution >= 4 is 21.9 Å². The summed E-state index contributed by atoms with van der Waals surface area (Å²) in [5.74, 6) is -3.08. The molecule has 1 aromatic carbocycles. The minimum atomic E-state index is -3.76. The Morgan fingerprint density at radius 3 is 1.93 bits per heavy atom. The van der Waals surface area contributed by atoms with Gasteiger partial charge in [-0.25, -0.2) is 12.8 Å². The summed E-state index contributed by atoms with van der Waals surface area (Å²) >= 11 is 0. The van der Waals surface area contributed by atoms with E-state index in [1.807, 2.05) is 0 Å². The van der Waals surface area contributed by atoms with Crippen LogP contribution in [0.25, 0.3) is 0 Å². The molecule has 4 fully saturated rings. The predicted molar refractivity (Wildman–Crippen MR) is 99.2 cm³/mol. The van der Waals surface area contributed by atoms with Crippen LogP contribution in [0.5, 0.6) is 0 Å². The number of carboxylic acid groups (broad SMARTS) is 1.